The smallest absolute Gasteiger partial charge is 0.434 e. The van der Waals surface area contributed by atoms with Crippen LogP contribution in [0.25, 0.3) is 0 Å². The molecule has 37 heavy (non-hydrogen) atoms. The molecule has 2 unspecified atom stereocenters. The summed E-state index contributed by atoms with van der Waals surface area (Å²) in [4.78, 5) is 47.5. The lowest BCUT2D eigenvalue weighted by molar-refractivity contribution is -0.136. The van der Waals surface area contributed by atoms with Crippen molar-refractivity contribution in [2.75, 3.05) is 27.4 Å². The Bertz CT molecular complexity index is 1050. The second-order valence-electron chi connectivity index (χ2n) is 8.34. The molecule has 3 rings (SSSR count). The Kier molecular flexibility index (Phi) is 10.7. The van der Waals surface area contributed by atoms with Crippen LogP contribution in [0.3, 0.4) is 0 Å². The lowest BCUT2D eigenvalue weighted by atomic mass is 10.1. The highest BCUT2D eigenvalue weighted by molar-refractivity contribution is 8.07. The van der Waals surface area contributed by atoms with E-state index in [0.29, 0.717) is 11.4 Å². The lowest BCUT2D eigenvalue weighted by Crippen LogP contribution is -2.45. The molecule has 1 saturated carbocycles. The summed E-state index contributed by atoms with van der Waals surface area (Å²) in [6.45, 7) is -3.49. The van der Waals surface area contributed by atoms with Gasteiger partial charge in [-0.3, -0.25) is 14.5 Å². The molecular weight excluding hydrogens is 543 g/mol. The van der Waals surface area contributed by atoms with E-state index >= 15 is 0 Å². The summed E-state index contributed by atoms with van der Waals surface area (Å²) in [5.41, 5.74) is 0.813. The molecule has 1 aliphatic heterocycles. The maximum atomic E-state index is 12.2. The lowest BCUT2D eigenvalue weighted by Gasteiger charge is -2.28. The number of carbonyl (C=O) groups is 3. The first-order valence-corrected chi connectivity index (χ1v) is 14.4. The average Bonchev–Trinajstić information content (AvgIpc) is 3.37. The Morgan fingerprint density at radius 2 is 1.81 bits per heavy atom. The first-order valence-electron chi connectivity index (χ1n) is 11.4. The molecule has 5 atom stereocenters. The van der Waals surface area contributed by atoms with Crippen molar-refractivity contribution in [2.24, 2.45) is 5.92 Å². The van der Waals surface area contributed by atoms with E-state index in [2.05, 4.69) is 5.32 Å². The molecule has 0 aromatic heterocycles. The van der Waals surface area contributed by atoms with E-state index in [1.807, 2.05) is 30.3 Å². The molecule has 2 amide bonds. The summed E-state index contributed by atoms with van der Waals surface area (Å²) in [5.74, 6) is -1.21. The summed E-state index contributed by atoms with van der Waals surface area (Å²) in [6.07, 6.45) is 0.786. The molecule has 1 aliphatic carbocycles. The third-order valence-electron chi connectivity index (χ3n) is 5.92. The van der Waals surface area contributed by atoms with Gasteiger partial charge in [0.05, 0.1) is 11.0 Å². The van der Waals surface area contributed by atoms with Crippen LogP contribution in [0.1, 0.15) is 18.4 Å². The van der Waals surface area contributed by atoms with Gasteiger partial charge in [0.2, 0.25) is 0 Å². The molecule has 2 aliphatic rings. The number of rotatable bonds is 12. The molecule has 1 heterocycles. The van der Waals surface area contributed by atoms with E-state index in [1.165, 1.54) is 26.4 Å². The number of methoxy groups -OCH3 is 1. The van der Waals surface area contributed by atoms with Crippen LogP contribution < -0.4 is 5.32 Å². The number of carbonyl (C=O) groups excluding carboxylic acids is 3. The number of imide groups is 1. The van der Waals surface area contributed by atoms with Gasteiger partial charge in [0.1, 0.15) is 25.4 Å². The molecule has 0 radical (unpaired) electrons. The molecule has 202 valence electrons. The summed E-state index contributed by atoms with van der Waals surface area (Å²) in [7, 11) is 2.71. The minimum absolute atomic E-state index is 0.0576. The van der Waals surface area contributed by atoms with E-state index in [0.717, 1.165) is 10.5 Å². The highest BCUT2D eigenvalue weighted by Crippen LogP contribution is 2.48. The Hall–Kier alpha value is -2.25. The first kappa shape index (κ1) is 29.3. The second kappa shape index (κ2) is 13.5. The standard InChI is InChI=1S/C23H29N2O9PS2/c1-30-22-17(24-18(36)10-11-25-19(26)8-9-20(25)27)12-16(21(22)34-35(29,37)31-2)14-33-23(28)32-13-15-6-4-3-5-7-15/h3-9,16-17,21-22H,10-14H2,1-2H3,(H,24,36)(H,29,37)/t16-,17+,21+,22?,35?/m1/s1. The predicted molar refractivity (Wildman–Crippen MR) is 140 cm³/mol. The van der Waals surface area contributed by atoms with Gasteiger partial charge in [-0.25, -0.2) is 4.79 Å². The van der Waals surface area contributed by atoms with Crippen LogP contribution in [0, 0.1) is 5.92 Å². The largest absolute Gasteiger partial charge is 0.508 e. The number of hydrogen-bond acceptors (Lipinski definition) is 10. The second-order valence-corrected chi connectivity index (χ2v) is 11.7. The van der Waals surface area contributed by atoms with Gasteiger partial charge in [0.25, 0.3) is 11.8 Å². The minimum Gasteiger partial charge on any atom is -0.434 e. The maximum Gasteiger partial charge on any atom is 0.508 e. The fourth-order valence-corrected chi connectivity index (χ4v) is 5.34. The molecule has 0 spiro atoms. The van der Waals surface area contributed by atoms with Crippen LogP contribution in [0.4, 0.5) is 4.79 Å². The molecule has 2 N–H and O–H groups in total. The molecule has 1 fully saturated rings. The topological polar surface area (TPSA) is 133 Å². The van der Waals surface area contributed by atoms with Crippen molar-refractivity contribution >= 4 is 53.7 Å². The molecule has 1 aromatic carbocycles. The van der Waals surface area contributed by atoms with E-state index in [1.54, 1.807) is 0 Å². The summed E-state index contributed by atoms with van der Waals surface area (Å²) in [5, 5.41) is 3.17. The van der Waals surface area contributed by atoms with Gasteiger partial charge in [0.15, 0.2) is 0 Å². The van der Waals surface area contributed by atoms with Crippen LogP contribution in [0.15, 0.2) is 42.5 Å². The van der Waals surface area contributed by atoms with Crippen molar-refractivity contribution in [3.63, 3.8) is 0 Å². The predicted octanol–water partition coefficient (Wildman–Crippen LogP) is 2.22. The van der Waals surface area contributed by atoms with Crippen LogP contribution in [0.5, 0.6) is 0 Å². The number of benzene rings is 1. The fraction of sp³-hybridized carbons (Fsp3) is 0.478. The normalized spacial score (nSPS) is 24.7. The number of nitrogens with zero attached hydrogens (tertiary/aromatic N) is 1. The zero-order chi connectivity index (χ0) is 27.0. The van der Waals surface area contributed by atoms with Gasteiger partial charge in [-0.15, -0.1) is 0 Å². The highest BCUT2D eigenvalue weighted by Gasteiger charge is 2.47. The van der Waals surface area contributed by atoms with Gasteiger partial charge in [-0.05, 0) is 23.8 Å². The van der Waals surface area contributed by atoms with Crippen molar-refractivity contribution in [2.45, 2.75) is 37.7 Å². The molecule has 1 aromatic rings. The maximum absolute atomic E-state index is 12.2. The number of hydrogen-bond donors (Lipinski definition) is 2. The Balaban J connectivity index is 1.60. The third kappa shape index (κ3) is 8.37. The van der Waals surface area contributed by atoms with Crippen LogP contribution in [-0.2, 0) is 51.3 Å². The SMILES string of the molecule is COC1[C@@H](NC(=S)CCN2C(=O)C=CC2=O)C[C@H](COC(=O)OCc2ccccc2)[C@@H]1OP(O)(=S)OC. The Morgan fingerprint density at radius 3 is 2.43 bits per heavy atom. The van der Waals surface area contributed by atoms with Gasteiger partial charge in [0, 0.05) is 45.3 Å². The molecule has 0 saturated heterocycles. The minimum atomic E-state index is -3.58. The van der Waals surface area contributed by atoms with Crippen molar-refractivity contribution in [3.8, 4) is 0 Å². The van der Waals surface area contributed by atoms with Crippen LogP contribution >= 0.6 is 18.9 Å². The summed E-state index contributed by atoms with van der Waals surface area (Å²) in [6, 6.07) is 8.77. The number of thiocarbonyl (C=S) groups is 1. The fourth-order valence-electron chi connectivity index (χ4n) is 4.11. The van der Waals surface area contributed by atoms with Gasteiger partial charge in [-0.2, -0.15) is 0 Å². The number of ether oxygens (including phenoxy) is 3. The Labute approximate surface area is 225 Å². The van der Waals surface area contributed by atoms with E-state index < -0.39 is 37.0 Å². The summed E-state index contributed by atoms with van der Waals surface area (Å²) < 4.78 is 26.8. The Morgan fingerprint density at radius 1 is 1.14 bits per heavy atom. The molecule has 0 bridgehead atoms. The average molecular weight is 573 g/mol. The quantitative estimate of drug-likeness (QED) is 0.165. The summed E-state index contributed by atoms with van der Waals surface area (Å²) >= 11 is 10.5. The van der Waals surface area contributed by atoms with Crippen molar-refractivity contribution in [1.29, 1.82) is 0 Å². The van der Waals surface area contributed by atoms with Gasteiger partial charge < -0.3 is 33.5 Å². The van der Waals surface area contributed by atoms with E-state index in [-0.39, 0.29) is 38.0 Å². The number of nitrogens with one attached hydrogen (secondary N) is 1. The van der Waals surface area contributed by atoms with Crippen LogP contribution in [0.2, 0.25) is 0 Å². The van der Waals surface area contributed by atoms with Crippen molar-refractivity contribution in [3.05, 3.63) is 48.0 Å². The van der Waals surface area contributed by atoms with E-state index in [9.17, 15) is 19.3 Å². The first-order chi connectivity index (χ1) is 17.6. The monoisotopic (exact) mass is 572 g/mol. The van der Waals surface area contributed by atoms with Gasteiger partial charge in [-0.1, -0.05) is 42.5 Å². The van der Waals surface area contributed by atoms with Crippen molar-refractivity contribution < 1.29 is 42.5 Å². The molecule has 11 nitrogen and oxygen atoms in total. The van der Waals surface area contributed by atoms with Gasteiger partial charge >= 0.3 is 12.9 Å². The number of amides is 2. The zero-order valence-electron chi connectivity index (χ0n) is 20.3. The highest BCUT2D eigenvalue weighted by atomic mass is 32.5. The van der Waals surface area contributed by atoms with E-state index in [4.69, 9.17) is 47.3 Å². The van der Waals surface area contributed by atoms with Crippen LogP contribution in [-0.4, -0.2) is 78.4 Å². The third-order valence-corrected chi connectivity index (χ3v) is 7.92. The molecule has 14 heteroatoms. The van der Waals surface area contributed by atoms with Crippen molar-refractivity contribution in [1.82, 2.24) is 10.2 Å². The zero-order valence-corrected chi connectivity index (χ0v) is 22.8. The molecular formula is C23H29N2O9PS2.